The lowest BCUT2D eigenvalue weighted by atomic mass is 10.0. The molecule has 0 bridgehead atoms. The lowest BCUT2D eigenvalue weighted by Crippen LogP contribution is -2.04. The lowest BCUT2D eigenvalue weighted by molar-refractivity contribution is 0.0516. The van der Waals surface area contributed by atoms with Crippen LogP contribution in [0.25, 0.3) is 11.1 Å². The number of hydrogen-bond acceptors (Lipinski definition) is 3. The predicted octanol–water partition coefficient (Wildman–Crippen LogP) is 5.49. The summed E-state index contributed by atoms with van der Waals surface area (Å²) in [6, 6.07) is 21.4. The van der Waals surface area contributed by atoms with Crippen LogP contribution in [0.3, 0.4) is 0 Å². The van der Waals surface area contributed by atoms with Gasteiger partial charge in [0.05, 0.1) is 16.3 Å². The fraction of sp³-hybridized carbons (Fsp3) is 0.0909. The molecule has 3 nitrogen and oxygen atoms in total. The van der Waals surface area contributed by atoms with E-state index in [1.807, 2.05) is 13.0 Å². The van der Waals surface area contributed by atoms with Crippen LogP contribution >= 0.6 is 11.6 Å². The smallest absolute Gasteiger partial charge is 0.312 e. The molecule has 1 aliphatic carbocycles. The Morgan fingerprint density at radius 1 is 0.962 bits per heavy atom. The van der Waals surface area contributed by atoms with Crippen LogP contribution in [-0.4, -0.2) is 11.7 Å². The summed E-state index contributed by atoms with van der Waals surface area (Å²) >= 11 is 6.01. The monoisotopic (exact) mass is 361 g/mol. The predicted molar refractivity (Wildman–Crippen MR) is 104 cm³/mol. The molecule has 26 heavy (non-hydrogen) atoms. The SMILES string of the molecule is C/C(=N\OC(=O)c1ccccc1Cl)c1ccc2c(c1)Cc1ccccc1-2. The maximum atomic E-state index is 12.1. The molecule has 0 N–H and O–H groups in total. The molecule has 128 valence electrons. The molecule has 0 unspecified atom stereocenters. The van der Waals surface area contributed by atoms with Gasteiger partial charge in [-0.15, -0.1) is 0 Å². The molecule has 0 atom stereocenters. The Balaban J connectivity index is 1.55. The van der Waals surface area contributed by atoms with Crippen LogP contribution in [0.15, 0.2) is 71.9 Å². The molecule has 0 radical (unpaired) electrons. The highest BCUT2D eigenvalue weighted by Gasteiger charge is 2.18. The minimum absolute atomic E-state index is 0.301. The lowest BCUT2D eigenvalue weighted by Gasteiger charge is -2.05. The molecule has 0 saturated heterocycles. The van der Waals surface area contributed by atoms with E-state index in [4.69, 9.17) is 16.4 Å². The van der Waals surface area contributed by atoms with Gasteiger partial charge in [-0.3, -0.25) is 0 Å². The number of oxime groups is 1. The van der Waals surface area contributed by atoms with Crippen molar-refractivity contribution in [2.24, 2.45) is 5.16 Å². The summed E-state index contributed by atoms with van der Waals surface area (Å²) in [6.07, 6.45) is 0.909. The molecule has 3 aromatic carbocycles. The average Bonchev–Trinajstić information content (AvgIpc) is 3.04. The Labute approximate surface area is 156 Å². The summed E-state index contributed by atoms with van der Waals surface area (Å²) in [6.45, 7) is 1.82. The van der Waals surface area contributed by atoms with Crippen molar-refractivity contribution in [3.63, 3.8) is 0 Å². The zero-order valence-corrected chi connectivity index (χ0v) is 15.0. The highest BCUT2D eigenvalue weighted by atomic mass is 35.5. The minimum atomic E-state index is -0.566. The van der Waals surface area contributed by atoms with Crippen LogP contribution in [0.1, 0.15) is 34.0 Å². The van der Waals surface area contributed by atoms with E-state index in [1.54, 1.807) is 24.3 Å². The molecule has 1 aliphatic rings. The van der Waals surface area contributed by atoms with Gasteiger partial charge in [0.25, 0.3) is 0 Å². The molecule has 4 heteroatoms. The van der Waals surface area contributed by atoms with Crippen LogP contribution in [0.4, 0.5) is 0 Å². The molecule has 0 aliphatic heterocycles. The maximum Gasteiger partial charge on any atom is 0.367 e. The van der Waals surface area contributed by atoms with E-state index in [0.29, 0.717) is 16.3 Å². The summed E-state index contributed by atoms with van der Waals surface area (Å²) < 4.78 is 0. The average molecular weight is 362 g/mol. The number of carbonyl (C=O) groups excluding carboxylic acids is 1. The molecule has 0 aromatic heterocycles. The van der Waals surface area contributed by atoms with E-state index < -0.39 is 5.97 Å². The fourth-order valence-electron chi connectivity index (χ4n) is 3.21. The van der Waals surface area contributed by atoms with Gasteiger partial charge in [-0.25, -0.2) is 4.79 Å². The van der Waals surface area contributed by atoms with Crippen molar-refractivity contribution in [3.05, 3.63) is 94.0 Å². The third-order valence-electron chi connectivity index (χ3n) is 4.57. The standard InChI is InChI=1S/C22H16ClNO2/c1-14(24-26-22(25)20-8-4-5-9-21(20)23)15-10-11-19-17(12-15)13-16-6-2-3-7-18(16)19/h2-12H,13H2,1H3/b24-14+. The van der Waals surface area contributed by atoms with Gasteiger partial charge >= 0.3 is 5.97 Å². The van der Waals surface area contributed by atoms with Gasteiger partial charge < -0.3 is 4.84 Å². The number of benzene rings is 3. The topological polar surface area (TPSA) is 38.7 Å². The van der Waals surface area contributed by atoms with Crippen LogP contribution in [0, 0.1) is 0 Å². The summed E-state index contributed by atoms with van der Waals surface area (Å²) in [5, 5.41) is 4.34. The third-order valence-corrected chi connectivity index (χ3v) is 4.90. The Hall–Kier alpha value is -2.91. The van der Waals surface area contributed by atoms with Crippen molar-refractivity contribution in [2.75, 3.05) is 0 Å². The molecular formula is C22H16ClNO2. The number of hydrogen-bond donors (Lipinski definition) is 0. The number of nitrogens with zero attached hydrogens (tertiary/aromatic N) is 1. The van der Waals surface area contributed by atoms with Gasteiger partial charge in [-0.05, 0) is 59.4 Å². The largest absolute Gasteiger partial charge is 0.367 e. The highest BCUT2D eigenvalue weighted by molar-refractivity contribution is 6.33. The first-order chi connectivity index (χ1) is 12.6. The van der Waals surface area contributed by atoms with E-state index in [0.717, 1.165) is 12.0 Å². The van der Waals surface area contributed by atoms with Crippen LogP contribution < -0.4 is 0 Å². The first-order valence-electron chi connectivity index (χ1n) is 8.35. The van der Waals surface area contributed by atoms with Crippen molar-refractivity contribution in [1.82, 2.24) is 0 Å². The second kappa shape index (κ2) is 6.77. The van der Waals surface area contributed by atoms with Gasteiger partial charge in [0.1, 0.15) is 0 Å². The molecule has 4 rings (SSSR count). The zero-order valence-electron chi connectivity index (χ0n) is 14.2. The van der Waals surface area contributed by atoms with Gasteiger partial charge in [-0.1, -0.05) is 65.3 Å². The second-order valence-corrected chi connectivity index (χ2v) is 6.65. The Morgan fingerprint density at radius 2 is 1.69 bits per heavy atom. The first kappa shape index (κ1) is 16.6. The molecule has 3 aromatic rings. The maximum absolute atomic E-state index is 12.1. The van der Waals surface area contributed by atoms with Crippen LogP contribution in [0.5, 0.6) is 0 Å². The van der Waals surface area contributed by atoms with E-state index >= 15 is 0 Å². The fourth-order valence-corrected chi connectivity index (χ4v) is 3.42. The van der Waals surface area contributed by atoms with E-state index in [9.17, 15) is 4.79 Å². The molecule has 0 fully saturated rings. The Kier molecular flexibility index (Phi) is 4.31. The molecule has 0 spiro atoms. The van der Waals surface area contributed by atoms with E-state index in [2.05, 4.69) is 41.6 Å². The molecule has 0 saturated carbocycles. The van der Waals surface area contributed by atoms with Gasteiger partial charge in [0.15, 0.2) is 0 Å². The van der Waals surface area contributed by atoms with Gasteiger partial charge in [0.2, 0.25) is 0 Å². The second-order valence-electron chi connectivity index (χ2n) is 6.24. The summed E-state index contributed by atoms with van der Waals surface area (Å²) in [7, 11) is 0. The normalized spacial score (nSPS) is 12.5. The quantitative estimate of drug-likeness (QED) is 0.275. The van der Waals surface area contributed by atoms with Crippen molar-refractivity contribution in [1.29, 1.82) is 0 Å². The van der Waals surface area contributed by atoms with Crippen molar-refractivity contribution in [2.45, 2.75) is 13.3 Å². The van der Waals surface area contributed by atoms with E-state index in [-0.39, 0.29) is 0 Å². The number of halogens is 1. The molecular weight excluding hydrogens is 346 g/mol. The van der Waals surface area contributed by atoms with Crippen molar-refractivity contribution in [3.8, 4) is 11.1 Å². The summed E-state index contributed by atoms with van der Waals surface area (Å²) in [4.78, 5) is 17.2. The van der Waals surface area contributed by atoms with E-state index in [1.165, 1.54) is 22.3 Å². The number of rotatable bonds is 3. The highest BCUT2D eigenvalue weighted by Crippen LogP contribution is 2.36. The van der Waals surface area contributed by atoms with Gasteiger partial charge in [0, 0.05) is 0 Å². The first-order valence-corrected chi connectivity index (χ1v) is 8.73. The number of carbonyl (C=O) groups is 1. The van der Waals surface area contributed by atoms with Crippen LogP contribution in [-0.2, 0) is 11.3 Å². The summed E-state index contributed by atoms with van der Waals surface area (Å²) in [5.41, 5.74) is 7.01. The molecule has 0 amide bonds. The van der Waals surface area contributed by atoms with Crippen molar-refractivity contribution >= 4 is 23.3 Å². The molecule has 0 heterocycles. The number of fused-ring (bicyclic) bond motifs is 3. The van der Waals surface area contributed by atoms with Crippen molar-refractivity contribution < 1.29 is 9.63 Å². The zero-order chi connectivity index (χ0) is 18.1. The minimum Gasteiger partial charge on any atom is -0.312 e. The van der Waals surface area contributed by atoms with Crippen LogP contribution in [0.2, 0.25) is 5.02 Å². The van der Waals surface area contributed by atoms with Gasteiger partial charge in [-0.2, -0.15) is 0 Å². The summed E-state index contributed by atoms with van der Waals surface area (Å²) in [5.74, 6) is -0.566. The Morgan fingerprint density at radius 3 is 2.54 bits per heavy atom. The Bertz CT molecular complexity index is 1040. The third kappa shape index (κ3) is 3.02.